The zero-order valence-corrected chi connectivity index (χ0v) is 26.9. The highest BCUT2D eigenvalue weighted by molar-refractivity contribution is 6.66. The fourth-order valence-corrected chi connectivity index (χ4v) is 2.11. The molecule has 0 radical (unpaired) electrons. The van der Waals surface area contributed by atoms with Gasteiger partial charge in [0.15, 0.2) is 0 Å². The number of hydrogen-bond acceptors (Lipinski definition) is 12. The number of ether oxygens (including phenoxy) is 6. The molecular formula is C23H39Cl5O12. The SMILES string of the molecule is CCCCOC(=O)C(C)(CO)CO.CCCCOC(=O)C1(C)COC(=O)OC1.COC(=O)OC(Cl)(Cl)Cl.ClCCl. The maximum absolute atomic E-state index is 11.6. The van der Waals surface area contributed by atoms with Crippen molar-refractivity contribution < 1.29 is 57.8 Å². The predicted octanol–water partition coefficient (Wildman–Crippen LogP) is 5.34. The molecule has 0 aromatic heterocycles. The lowest BCUT2D eigenvalue weighted by Crippen LogP contribution is -2.44. The first kappa shape index (κ1) is 43.3. The van der Waals surface area contributed by atoms with E-state index in [1.54, 1.807) is 6.92 Å². The van der Waals surface area contributed by atoms with Gasteiger partial charge in [-0.15, -0.1) is 23.2 Å². The number of carbonyl (C=O) groups is 4. The van der Waals surface area contributed by atoms with Crippen molar-refractivity contribution in [1.29, 1.82) is 0 Å². The lowest BCUT2D eigenvalue weighted by atomic mass is 9.93. The smallest absolute Gasteiger partial charge is 0.465 e. The van der Waals surface area contributed by atoms with E-state index in [0.29, 0.717) is 13.2 Å². The summed E-state index contributed by atoms with van der Waals surface area (Å²) in [6, 6.07) is 0. The molecule has 1 rings (SSSR count). The second kappa shape index (κ2) is 24.4. The Balaban J connectivity index is -0.000000502. The molecule has 1 heterocycles. The van der Waals surface area contributed by atoms with E-state index in [-0.39, 0.29) is 24.5 Å². The van der Waals surface area contributed by atoms with E-state index in [1.165, 1.54) is 6.92 Å². The van der Waals surface area contributed by atoms with Crippen molar-refractivity contribution in [1.82, 2.24) is 0 Å². The van der Waals surface area contributed by atoms with Crippen LogP contribution in [0.3, 0.4) is 0 Å². The molecule has 0 amide bonds. The van der Waals surface area contributed by atoms with Crippen LogP contribution in [0, 0.1) is 10.8 Å². The molecule has 1 saturated heterocycles. The molecule has 0 unspecified atom stereocenters. The summed E-state index contributed by atoms with van der Waals surface area (Å²) in [6.45, 7) is 7.15. The number of methoxy groups -OCH3 is 1. The molecular weight excluding hydrogens is 646 g/mol. The maximum Gasteiger partial charge on any atom is 0.511 e. The number of carbonyl (C=O) groups excluding carboxylic acids is 4. The number of halogens is 5. The van der Waals surface area contributed by atoms with E-state index < -0.39 is 46.3 Å². The van der Waals surface area contributed by atoms with Crippen molar-refractivity contribution in [3.8, 4) is 0 Å². The van der Waals surface area contributed by atoms with Gasteiger partial charge < -0.3 is 38.6 Å². The Bertz CT molecular complexity index is 705. The van der Waals surface area contributed by atoms with E-state index in [2.05, 4.69) is 18.9 Å². The van der Waals surface area contributed by atoms with Gasteiger partial charge in [0.1, 0.15) is 24.0 Å². The van der Waals surface area contributed by atoms with Crippen LogP contribution in [0.25, 0.3) is 0 Å². The van der Waals surface area contributed by atoms with Crippen LogP contribution in [0.5, 0.6) is 0 Å². The second-order valence-corrected chi connectivity index (χ2v) is 11.3. The number of rotatable bonds is 10. The van der Waals surface area contributed by atoms with Gasteiger partial charge in [0.25, 0.3) is 0 Å². The number of alkyl halides is 5. The summed E-state index contributed by atoms with van der Waals surface area (Å²) in [5.41, 5.74) is -2.02. The highest BCUT2D eigenvalue weighted by Gasteiger charge is 2.41. The van der Waals surface area contributed by atoms with Crippen LogP contribution < -0.4 is 0 Å². The van der Waals surface area contributed by atoms with Gasteiger partial charge in [0, 0.05) is 0 Å². The first-order valence-electron chi connectivity index (χ1n) is 11.9. The van der Waals surface area contributed by atoms with Crippen LogP contribution in [0.15, 0.2) is 0 Å². The third kappa shape index (κ3) is 22.5. The Labute approximate surface area is 259 Å². The topological polar surface area (TPSA) is 164 Å². The van der Waals surface area contributed by atoms with Crippen LogP contribution in [0.1, 0.15) is 53.4 Å². The Hall–Kier alpha value is -1.15. The number of hydrogen-bond donors (Lipinski definition) is 2. The molecule has 1 aliphatic rings. The molecule has 0 aromatic rings. The van der Waals surface area contributed by atoms with Gasteiger partial charge in [-0.3, -0.25) is 9.59 Å². The van der Waals surface area contributed by atoms with Gasteiger partial charge in [-0.25, -0.2) is 9.59 Å². The predicted molar refractivity (Wildman–Crippen MR) is 150 cm³/mol. The van der Waals surface area contributed by atoms with Crippen molar-refractivity contribution in [3.05, 3.63) is 0 Å². The molecule has 0 aromatic carbocycles. The number of aliphatic hydroxyl groups is 2. The molecule has 17 heteroatoms. The first-order chi connectivity index (χ1) is 18.6. The zero-order valence-electron chi connectivity index (χ0n) is 23.1. The number of esters is 2. The third-order valence-corrected chi connectivity index (χ3v) is 4.76. The lowest BCUT2D eigenvalue weighted by molar-refractivity contribution is -0.166. The molecule has 0 aliphatic carbocycles. The maximum atomic E-state index is 11.6. The minimum atomic E-state index is -2.03. The monoisotopic (exact) mass is 682 g/mol. The van der Waals surface area contributed by atoms with Gasteiger partial charge in [0.05, 0.1) is 38.9 Å². The van der Waals surface area contributed by atoms with Gasteiger partial charge in [-0.1, -0.05) is 26.7 Å². The summed E-state index contributed by atoms with van der Waals surface area (Å²) in [4.78, 5) is 43.6. The van der Waals surface area contributed by atoms with Crippen molar-refractivity contribution in [3.63, 3.8) is 0 Å². The van der Waals surface area contributed by atoms with Crippen LogP contribution >= 0.6 is 58.0 Å². The molecule has 238 valence electrons. The largest absolute Gasteiger partial charge is 0.511 e. The van der Waals surface area contributed by atoms with Gasteiger partial charge in [-0.05, 0) is 61.5 Å². The van der Waals surface area contributed by atoms with E-state index in [4.69, 9.17) is 77.7 Å². The molecule has 0 spiro atoms. The molecule has 1 aliphatic heterocycles. The summed E-state index contributed by atoms with van der Waals surface area (Å²) in [7, 11) is 1.11. The summed E-state index contributed by atoms with van der Waals surface area (Å²) >= 11 is 24.6. The van der Waals surface area contributed by atoms with Gasteiger partial charge in [-0.2, -0.15) is 0 Å². The fraction of sp³-hybridized carbons (Fsp3) is 0.826. The quantitative estimate of drug-likeness (QED) is 0.132. The molecule has 12 nitrogen and oxygen atoms in total. The summed E-state index contributed by atoms with van der Waals surface area (Å²) in [5, 5.41) is 17.9. The number of aliphatic hydroxyl groups excluding tert-OH is 2. The number of cyclic esters (lactones) is 2. The average molecular weight is 685 g/mol. The van der Waals surface area contributed by atoms with Crippen LogP contribution in [-0.2, 0) is 38.0 Å². The van der Waals surface area contributed by atoms with Crippen LogP contribution in [0.4, 0.5) is 9.59 Å². The molecule has 2 N–H and O–H groups in total. The molecule has 0 atom stereocenters. The Morgan fingerprint density at radius 3 is 1.70 bits per heavy atom. The average Bonchev–Trinajstić information content (AvgIpc) is 2.90. The minimum Gasteiger partial charge on any atom is -0.465 e. The highest BCUT2D eigenvalue weighted by atomic mass is 35.6. The molecule has 1 fully saturated rings. The Morgan fingerprint density at radius 2 is 1.38 bits per heavy atom. The third-order valence-electron chi connectivity index (χ3n) is 4.53. The summed E-state index contributed by atoms with van der Waals surface area (Å²) < 4.78 is 25.2. The normalized spacial score (nSPS) is 13.7. The van der Waals surface area contributed by atoms with Gasteiger partial charge >= 0.3 is 28.2 Å². The summed E-state index contributed by atoms with van der Waals surface area (Å²) in [6.07, 6.45) is 1.79. The van der Waals surface area contributed by atoms with Crippen molar-refractivity contribution in [2.75, 3.05) is 52.1 Å². The Morgan fingerprint density at radius 1 is 0.950 bits per heavy atom. The van der Waals surface area contributed by atoms with E-state index in [1.807, 2.05) is 13.8 Å². The van der Waals surface area contributed by atoms with Gasteiger partial charge in [0.2, 0.25) is 0 Å². The molecule has 0 bridgehead atoms. The van der Waals surface area contributed by atoms with Crippen LogP contribution in [0.2, 0.25) is 0 Å². The van der Waals surface area contributed by atoms with E-state index in [9.17, 15) is 19.2 Å². The Kier molecular flexibility index (Phi) is 26.5. The van der Waals surface area contributed by atoms with Crippen molar-refractivity contribution in [2.45, 2.75) is 57.4 Å². The lowest BCUT2D eigenvalue weighted by Gasteiger charge is -2.29. The molecule has 40 heavy (non-hydrogen) atoms. The van der Waals surface area contributed by atoms with Crippen molar-refractivity contribution in [2.24, 2.45) is 10.8 Å². The standard InChI is InChI=1S/C10H16O5.C9H18O4.C3H3Cl3O3.CH2Cl2/c1-3-4-5-13-8(11)10(2)6-14-9(12)15-7-10;1-3-4-5-13-8(12)9(2,6-10)7-11;1-8-2(7)9-3(4,5)6;2-1-3/h3-7H2,1-2H3;10-11H,3-7H2,1-2H3;1H3;1H2. The fourth-order valence-electron chi connectivity index (χ4n) is 1.92. The van der Waals surface area contributed by atoms with E-state index >= 15 is 0 Å². The first-order valence-corrected chi connectivity index (χ1v) is 14.1. The molecule has 0 saturated carbocycles. The summed E-state index contributed by atoms with van der Waals surface area (Å²) in [5.74, 6) is -0.908. The van der Waals surface area contributed by atoms with Crippen LogP contribution in [-0.4, -0.2) is 90.5 Å². The number of unbranched alkanes of at least 4 members (excludes halogenated alkanes) is 2. The van der Waals surface area contributed by atoms with Crippen molar-refractivity contribution >= 4 is 82.3 Å². The highest BCUT2D eigenvalue weighted by Crippen LogP contribution is 2.27. The zero-order chi connectivity index (χ0) is 31.8. The minimum absolute atomic E-state index is 0.0246. The second-order valence-electron chi connectivity index (χ2n) is 8.35. The van der Waals surface area contributed by atoms with E-state index in [0.717, 1.165) is 32.8 Å².